The largest absolute Gasteiger partial charge is 0.573 e. The molecule has 3 rings (SSSR count). The lowest BCUT2D eigenvalue weighted by Crippen LogP contribution is -2.58. The molecule has 8 nitrogen and oxygen atoms in total. The van der Waals surface area contributed by atoms with E-state index in [9.17, 15) is 35.9 Å². The number of benzene rings is 1. The van der Waals surface area contributed by atoms with E-state index < -0.39 is 48.0 Å². The van der Waals surface area contributed by atoms with Gasteiger partial charge in [0, 0.05) is 13.1 Å². The van der Waals surface area contributed by atoms with Crippen LogP contribution in [0.15, 0.2) is 30.3 Å². The number of aromatic nitrogens is 2. The molecule has 2 atom stereocenters. The maximum absolute atomic E-state index is 13.0. The van der Waals surface area contributed by atoms with Crippen molar-refractivity contribution in [2.24, 2.45) is 0 Å². The Morgan fingerprint density at radius 3 is 2.44 bits per heavy atom. The average Bonchev–Trinajstić information content (AvgIpc) is 3.18. The molecule has 1 aliphatic rings. The fourth-order valence-electron chi connectivity index (χ4n) is 3.10. The van der Waals surface area contributed by atoms with Gasteiger partial charge in [0.2, 0.25) is 5.91 Å². The van der Waals surface area contributed by atoms with Crippen molar-refractivity contribution in [3.8, 4) is 5.75 Å². The second kappa shape index (κ2) is 8.59. The van der Waals surface area contributed by atoms with Gasteiger partial charge >= 0.3 is 18.6 Å². The number of halogens is 6. The molecule has 0 radical (unpaired) electrons. The molecule has 1 aliphatic heterocycles. The summed E-state index contributed by atoms with van der Waals surface area (Å²) in [4.78, 5) is 25.8. The molecule has 1 aromatic heterocycles. The molecule has 2 aromatic rings. The number of piperazine rings is 1. The normalized spacial score (nSPS) is 18.2. The lowest BCUT2D eigenvalue weighted by atomic mass is 10.0. The van der Waals surface area contributed by atoms with E-state index >= 15 is 0 Å². The van der Waals surface area contributed by atoms with Gasteiger partial charge in [0.15, 0.2) is 5.69 Å². The Bertz CT molecular complexity index is 973. The molecular weight excluding hydrogens is 448 g/mol. The molecule has 174 valence electrons. The zero-order chi connectivity index (χ0) is 23.7. The molecule has 0 unspecified atom stereocenters. The van der Waals surface area contributed by atoms with Crippen molar-refractivity contribution >= 4 is 11.9 Å². The summed E-state index contributed by atoms with van der Waals surface area (Å²) in [6.45, 7) is 1.82. The maximum Gasteiger partial charge on any atom is 0.573 e. The smallest absolute Gasteiger partial charge is 0.406 e. The molecule has 0 bridgehead atoms. The maximum atomic E-state index is 13.0. The summed E-state index contributed by atoms with van der Waals surface area (Å²) in [6, 6.07) is 2.09. The van der Waals surface area contributed by atoms with Crippen molar-refractivity contribution in [1.29, 1.82) is 0 Å². The van der Waals surface area contributed by atoms with E-state index in [4.69, 9.17) is 0 Å². The second-order valence-corrected chi connectivity index (χ2v) is 6.87. The number of ether oxygens (including phenoxy) is 1. The van der Waals surface area contributed by atoms with Gasteiger partial charge in [0.1, 0.15) is 11.8 Å². The lowest BCUT2D eigenvalue weighted by molar-refractivity contribution is -0.274. The molecule has 3 N–H and O–H groups in total. The van der Waals surface area contributed by atoms with Gasteiger partial charge in [0.05, 0.1) is 11.7 Å². The quantitative estimate of drug-likeness (QED) is 0.605. The second-order valence-electron chi connectivity index (χ2n) is 6.87. The number of carbonyl (C=O) groups is 2. The minimum Gasteiger partial charge on any atom is -0.406 e. The third kappa shape index (κ3) is 5.42. The molecule has 0 aliphatic carbocycles. The highest BCUT2D eigenvalue weighted by Gasteiger charge is 2.36. The van der Waals surface area contributed by atoms with Gasteiger partial charge in [0.25, 0.3) is 0 Å². The van der Waals surface area contributed by atoms with Gasteiger partial charge in [-0.2, -0.15) is 18.3 Å². The molecule has 14 heteroatoms. The van der Waals surface area contributed by atoms with Crippen LogP contribution in [0, 0.1) is 0 Å². The first kappa shape index (κ1) is 23.2. The topological polar surface area (TPSA) is 99.3 Å². The van der Waals surface area contributed by atoms with Gasteiger partial charge in [-0.05, 0) is 30.7 Å². The van der Waals surface area contributed by atoms with Crippen LogP contribution in [0.1, 0.15) is 29.9 Å². The summed E-state index contributed by atoms with van der Waals surface area (Å²) >= 11 is 0. The van der Waals surface area contributed by atoms with Crippen molar-refractivity contribution in [3.05, 3.63) is 47.3 Å². The SMILES string of the molecule is C[C@@H]1C(=O)NCCN1C(=O)N[C@H](c1ccc(OC(F)(F)F)cc1)c1cc(C(F)(F)F)n[nH]1. The number of hydrogen-bond acceptors (Lipinski definition) is 4. The van der Waals surface area contributed by atoms with Gasteiger partial charge < -0.3 is 20.3 Å². The Kier molecular flexibility index (Phi) is 6.23. The summed E-state index contributed by atoms with van der Waals surface area (Å²) in [7, 11) is 0. The lowest BCUT2D eigenvalue weighted by Gasteiger charge is -2.34. The number of carbonyl (C=O) groups excluding carboxylic acids is 2. The van der Waals surface area contributed by atoms with Crippen LogP contribution in [0.4, 0.5) is 31.1 Å². The third-order valence-electron chi connectivity index (χ3n) is 4.67. The molecule has 0 saturated carbocycles. The van der Waals surface area contributed by atoms with Gasteiger partial charge in [-0.15, -0.1) is 13.2 Å². The third-order valence-corrected chi connectivity index (χ3v) is 4.67. The number of rotatable bonds is 4. The van der Waals surface area contributed by atoms with E-state index in [1.54, 1.807) is 0 Å². The Morgan fingerprint density at radius 2 is 1.88 bits per heavy atom. The van der Waals surface area contributed by atoms with Gasteiger partial charge in [-0.1, -0.05) is 12.1 Å². The number of alkyl halides is 6. The number of H-pyrrole nitrogens is 1. The van der Waals surface area contributed by atoms with Crippen LogP contribution in [0.25, 0.3) is 0 Å². The van der Waals surface area contributed by atoms with E-state index in [0.717, 1.165) is 24.3 Å². The zero-order valence-electron chi connectivity index (χ0n) is 16.3. The highest BCUT2D eigenvalue weighted by Crippen LogP contribution is 2.31. The predicted octanol–water partition coefficient (Wildman–Crippen LogP) is 2.95. The Balaban J connectivity index is 1.90. The molecule has 2 heterocycles. The number of nitrogens with zero attached hydrogens (tertiary/aromatic N) is 2. The Hall–Kier alpha value is -3.45. The van der Waals surface area contributed by atoms with E-state index in [1.807, 2.05) is 0 Å². The first-order valence-corrected chi connectivity index (χ1v) is 9.18. The van der Waals surface area contributed by atoms with Crippen LogP contribution in [0.5, 0.6) is 5.75 Å². The van der Waals surface area contributed by atoms with Crippen LogP contribution >= 0.6 is 0 Å². The number of nitrogens with one attached hydrogen (secondary N) is 3. The molecule has 3 amide bonds. The summed E-state index contributed by atoms with van der Waals surface area (Å²) in [6.07, 6.45) is -9.68. The molecule has 32 heavy (non-hydrogen) atoms. The first-order valence-electron chi connectivity index (χ1n) is 9.18. The zero-order valence-corrected chi connectivity index (χ0v) is 16.3. The molecule has 1 aromatic carbocycles. The molecule has 1 fully saturated rings. The van der Waals surface area contributed by atoms with Crippen LogP contribution < -0.4 is 15.4 Å². The summed E-state index contributed by atoms with van der Waals surface area (Å²) in [5, 5.41) is 10.5. The van der Waals surface area contributed by atoms with E-state index in [-0.39, 0.29) is 24.3 Å². The van der Waals surface area contributed by atoms with Crippen LogP contribution in [-0.4, -0.2) is 52.5 Å². The number of urea groups is 1. The summed E-state index contributed by atoms with van der Waals surface area (Å²) in [5.74, 6) is -0.953. The van der Waals surface area contributed by atoms with Crippen molar-refractivity contribution in [3.63, 3.8) is 0 Å². The van der Waals surface area contributed by atoms with Crippen LogP contribution in [-0.2, 0) is 11.0 Å². The van der Waals surface area contributed by atoms with E-state index in [0.29, 0.717) is 6.07 Å². The predicted molar refractivity (Wildman–Crippen MR) is 96.3 cm³/mol. The fourth-order valence-corrected chi connectivity index (χ4v) is 3.10. The van der Waals surface area contributed by atoms with E-state index in [2.05, 4.69) is 25.6 Å². The van der Waals surface area contributed by atoms with Crippen molar-refractivity contribution in [1.82, 2.24) is 25.7 Å². The minimum atomic E-state index is -4.93. The van der Waals surface area contributed by atoms with Crippen molar-refractivity contribution < 1.29 is 40.7 Å². The summed E-state index contributed by atoms with van der Waals surface area (Å²) in [5.41, 5.74) is -1.25. The number of hydrogen-bond donors (Lipinski definition) is 3. The Labute approximate surface area is 176 Å². The fraction of sp³-hybridized carbons (Fsp3) is 0.389. The highest BCUT2D eigenvalue weighted by molar-refractivity contribution is 5.88. The van der Waals surface area contributed by atoms with Crippen molar-refractivity contribution in [2.75, 3.05) is 13.1 Å². The van der Waals surface area contributed by atoms with Gasteiger partial charge in [-0.25, -0.2) is 4.79 Å². The van der Waals surface area contributed by atoms with E-state index in [1.165, 1.54) is 11.8 Å². The van der Waals surface area contributed by atoms with Crippen LogP contribution in [0.3, 0.4) is 0 Å². The average molecular weight is 465 g/mol. The molecule has 0 spiro atoms. The Morgan fingerprint density at radius 1 is 1.22 bits per heavy atom. The van der Waals surface area contributed by atoms with Crippen molar-refractivity contribution in [2.45, 2.75) is 31.5 Å². The standard InChI is InChI=1S/C18H17F6N5O3/c1-9-15(30)25-6-7-29(9)16(31)26-14(12-8-13(28-27-12)17(19,20)21)10-2-4-11(5-3-10)32-18(22,23)24/h2-5,8-9,14H,6-7H2,1H3,(H,25,30)(H,26,31)(H,27,28)/t9-,14-/m1/s1. The monoisotopic (exact) mass is 465 g/mol. The van der Waals surface area contributed by atoms with Crippen LogP contribution in [0.2, 0.25) is 0 Å². The summed E-state index contributed by atoms with van der Waals surface area (Å²) < 4.78 is 79.9. The minimum absolute atomic E-state index is 0.152. The molecular formula is C18H17F6N5O3. The van der Waals surface area contributed by atoms with Gasteiger partial charge in [-0.3, -0.25) is 9.89 Å². The first-order chi connectivity index (χ1) is 14.8. The highest BCUT2D eigenvalue weighted by atomic mass is 19.4. The number of amides is 3. The molecule has 1 saturated heterocycles. The number of aromatic amines is 1.